The highest BCUT2D eigenvalue weighted by Crippen LogP contribution is 2.10. The molecule has 0 spiro atoms. The van der Waals surface area contributed by atoms with Gasteiger partial charge in [-0.2, -0.15) is 0 Å². The zero-order valence-corrected chi connectivity index (χ0v) is 12.8. The summed E-state index contributed by atoms with van der Waals surface area (Å²) in [6.45, 7) is 1.50. The van der Waals surface area contributed by atoms with E-state index in [2.05, 4.69) is 5.32 Å². The molecule has 6 heteroatoms. The average Bonchev–Trinajstić information content (AvgIpc) is 2.40. The lowest BCUT2D eigenvalue weighted by atomic mass is 10.1. The molecule has 1 rings (SSSR count). The smallest absolute Gasteiger partial charge is 0.241 e. The topological polar surface area (TPSA) is 69.7 Å². The number of amides is 3. The van der Waals surface area contributed by atoms with Gasteiger partial charge < -0.3 is 15.1 Å². The predicted octanol–water partition coefficient (Wildman–Crippen LogP) is 0.734. The summed E-state index contributed by atoms with van der Waals surface area (Å²) in [5.41, 5.74) is 1.52. The monoisotopic (exact) mass is 291 g/mol. The number of rotatable bonds is 5. The summed E-state index contributed by atoms with van der Waals surface area (Å²) in [6.07, 6.45) is 0.220. The third-order valence-corrected chi connectivity index (χ3v) is 2.93. The molecule has 0 aliphatic carbocycles. The minimum Gasteiger partial charge on any atom is -0.347 e. The van der Waals surface area contributed by atoms with E-state index < -0.39 is 0 Å². The van der Waals surface area contributed by atoms with Crippen molar-refractivity contribution in [1.29, 1.82) is 0 Å². The predicted molar refractivity (Wildman–Crippen MR) is 80.8 cm³/mol. The minimum atomic E-state index is -0.138. The lowest BCUT2D eigenvalue weighted by Gasteiger charge is -2.19. The van der Waals surface area contributed by atoms with Gasteiger partial charge in [0.15, 0.2) is 0 Å². The van der Waals surface area contributed by atoms with E-state index in [0.29, 0.717) is 5.69 Å². The van der Waals surface area contributed by atoms with Crippen molar-refractivity contribution in [2.75, 3.05) is 33.0 Å². The number of anilines is 1. The Balaban J connectivity index is 2.58. The molecule has 0 saturated carbocycles. The second kappa shape index (κ2) is 7.42. The van der Waals surface area contributed by atoms with E-state index in [9.17, 15) is 14.4 Å². The standard InChI is InChI=1S/C15H21N3O3/c1-11(19)16-13-7-5-12(6-8-13)9-14(20)18(4)10-15(21)17(2)3/h5-8H,9-10H2,1-4H3,(H,16,19). The number of carbonyl (C=O) groups is 3. The number of carbonyl (C=O) groups excluding carboxylic acids is 3. The van der Waals surface area contributed by atoms with Crippen LogP contribution in [-0.2, 0) is 20.8 Å². The summed E-state index contributed by atoms with van der Waals surface area (Å²) in [7, 11) is 4.91. The van der Waals surface area contributed by atoms with Crippen molar-refractivity contribution in [2.45, 2.75) is 13.3 Å². The maximum Gasteiger partial charge on any atom is 0.241 e. The fraction of sp³-hybridized carbons (Fsp3) is 0.400. The van der Waals surface area contributed by atoms with Gasteiger partial charge >= 0.3 is 0 Å². The summed E-state index contributed by atoms with van der Waals surface area (Å²) >= 11 is 0. The molecule has 0 aromatic heterocycles. The van der Waals surface area contributed by atoms with E-state index in [4.69, 9.17) is 0 Å². The van der Waals surface area contributed by atoms with E-state index >= 15 is 0 Å². The van der Waals surface area contributed by atoms with Crippen molar-refractivity contribution in [3.05, 3.63) is 29.8 Å². The molecule has 1 aromatic carbocycles. The van der Waals surface area contributed by atoms with Crippen molar-refractivity contribution in [3.8, 4) is 0 Å². The summed E-state index contributed by atoms with van der Waals surface area (Å²) in [4.78, 5) is 37.3. The fourth-order valence-corrected chi connectivity index (χ4v) is 1.65. The third kappa shape index (κ3) is 5.64. The first-order valence-electron chi connectivity index (χ1n) is 6.60. The molecule has 0 unspecified atom stereocenters. The van der Waals surface area contributed by atoms with Gasteiger partial charge in [-0.1, -0.05) is 12.1 Å². The van der Waals surface area contributed by atoms with Gasteiger partial charge in [-0.15, -0.1) is 0 Å². The highest BCUT2D eigenvalue weighted by molar-refractivity contribution is 5.89. The van der Waals surface area contributed by atoms with E-state index in [1.54, 1.807) is 45.4 Å². The number of nitrogens with one attached hydrogen (secondary N) is 1. The maximum atomic E-state index is 12.0. The highest BCUT2D eigenvalue weighted by atomic mass is 16.2. The van der Waals surface area contributed by atoms with Gasteiger partial charge in [0.2, 0.25) is 17.7 Å². The molecule has 114 valence electrons. The highest BCUT2D eigenvalue weighted by Gasteiger charge is 2.14. The van der Waals surface area contributed by atoms with E-state index in [-0.39, 0.29) is 30.7 Å². The summed E-state index contributed by atoms with van der Waals surface area (Å²) in [5.74, 6) is -0.384. The Bertz CT molecular complexity index is 523. The van der Waals surface area contributed by atoms with Crippen LogP contribution in [0, 0.1) is 0 Å². The van der Waals surface area contributed by atoms with Gasteiger partial charge in [0, 0.05) is 33.8 Å². The van der Waals surface area contributed by atoms with Gasteiger partial charge in [-0.3, -0.25) is 14.4 Å². The van der Waals surface area contributed by atoms with Crippen LogP contribution in [0.25, 0.3) is 0 Å². The second-order valence-electron chi connectivity index (χ2n) is 5.09. The quantitative estimate of drug-likeness (QED) is 0.869. The van der Waals surface area contributed by atoms with Crippen molar-refractivity contribution in [3.63, 3.8) is 0 Å². The van der Waals surface area contributed by atoms with Crippen LogP contribution in [0.2, 0.25) is 0 Å². The zero-order chi connectivity index (χ0) is 16.0. The molecular weight excluding hydrogens is 270 g/mol. The molecule has 6 nitrogen and oxygen atoms in total. The first-order valence-corrected chi connectivity index (χ1v) is 6.60. The molecule has 21 heavy (non-hydrogen) atoms. The Morgan fingerprint density at radius 3 is 2.05 bits per heavy atom. The number of likely N-dealkylation sites (N-methyl/N-ethyl adjacent to an activating group) is 2. The number of benzene rings is 1. The van der Waals surface area contributed by atoms with Crippen LogP contribution in [0.3, 0.4) is 0 Å². The molecule has 0 heterocycles. The van der Waals surface area contributed by atoms with Crippen LogP contribution in [0.4, 0.5) is 5.69 Å². The first kappa shape index (κ1) is 16.7. The summed E-state index contributed by atoms with van der Waals surface area (Å²) in [5, 5.41) is 2.66. The minimum absolute atomic E-state index is 0.0653. The Morgan fingerprint density at radius 1 is 1.00 bits per heavy atom. The summed E-state index contributed by atoms with van der Waals surface area (Å²) < 4.78 is 0. The van der Waals surface area contributed by atoms with Gasteiger partial charge in [0.1, 0.15) is 0 Å². The van der Waals surface area contributed by atoms with Crippen molar-refractivity contribution in [2.24, 2.45) is 0 Å². The van der Waals surface area contributed by atoms with E-state index in [0.717, 1.165) is 5.56 Å². The van der Waals surface area contributed by atoms with Crippen LogP contribution in [0.1, 0.15) is 12.5 Å². The Hall–Kier alpha value is -2.37. The van der Waals surface area contributed by atoms with Crippen LogP contribution < -0.4 is 5.32 Å². The van der Waals surface area contributed by atoms with Gasteiger partial charge in [0.25, 0.3) is 0 Å². The van der Waals surface area contributed by atoms with Gasteiger partial charge in [-0.05, 0) is 17.7 Å². The Morgan fingerprint density at radius 2 is 1.57 bits per heavy atom. The number of nitrogens with zero attached hydrogens (tertiary/aromatic N) is 2. The summed E-state index contributed by atoms with van der Waals surface area (Å²) in [6, 6.07) is 7.06. The van der Waals surface area contributed by atoms with Crippen LogP contribution >= 0.6 is 0 Å². The molecule has 0 radical (unpaired) electrons. The molecule has 0 saturated heterocycles. The molecule has 3 amide bonds. The molecule has 0 fully saturated rings. The second-order valence-corrected chi connectivity index (χ2v) is 5.09. The third-order valence-electron chi connectivity index (χ3n) is 2.93. The lowest BCUT2D eigenvalue weighted by molar-refractivity contribution is -0.137. The molecule has 0 aliphatic heterocycles. The first-order chi connectivity index (χ1) is 9.79. The van der Waals surface area contributed by atoms with Crippen LogP contribution in [-0.4, -0.2) is 55.2 Å². The van der Waals surface area contributed by atoms with Crippen LogP contribution in [0.15, 0.2) is 24.3 Å². The SMILES string of the molecule is CC(=O)Nc1ccc(CC(=O)N(C)CC(=O)N(C)C)cc1. The molecular formula is C15H21N3O3. The van der Waals surface area contributed by atoms with E-state index in [1.807, 2.05) is 0 Å². The Kier molecular flexibility index (Phi) is 5.90. The van der Waals surface area contributed by atoms with E-state index in [1.165, 1.54) is 16.7 Å². The zero-order valence-electron chi connectivity index (χ0n) is 12.8. The molecule has 0 atom stereocenters. The van der Waals surface area contributed by atoms with Crippen molar-refractivity contribution >= 4 is 23.4 Å². The largest absolute Gasteiger partial charge is 0.347 e. The Labute approximate surface area is 124 Å². The van der Waals surface area contributed by atoms with Gasteiger partial charge in [-0.25, -0.2) is 0 Å². The van der Waals surface area contributed by atoms with Crippen LogP contribution in [0.5, 0.6) is 0 Å². The molecule has 0 bridgehead atoms. The molecule has 0 aliphatic rings. The van der Waals surface area contributed by atoms with Gasteiger partial charge in [0.05, 0.1) is 13.0 Å². The normalized spacial score (nSPS) is 9.90. The average molecular weight is 291 g/mol. The van der Waals surface area contributed by atoms with Crippen molar-refractivity contribution < 1.29 is 14.4 Å². The molecule has 1 N–H and O–H groups in total. The number of hydrogen-bond acceptors (Lipinski definition) is 3. The molecule has 1 aromatic rings. The fourth-order valence-electron chi connectivity index (χ4n) is 1.65. The lowest BCUT2D eigenvalue weighted by Crippen LogP contribution is -2.38. The van der Waals surface area contributed by atoms with Crippen molar-refractivity contribution in [1.82, 2.24) is 9.80 Å². The number of hydrogen-bond donors (Lipinski definition) is 1. The maximum absolute atomic E-state index is 12.0.